The molecule has 0 radical (unpaired) electrons. The molecule has 0 fully saturated rings. The van der Waals surface area contributed by atoms with E-state index < -0.39 is 11.3 Å². The van der Waals surface area contributed by atoms with Crippen molar-refractivity contribution >= 4 is 34.4 Å². The first-order chi connectivity index (χ1) is 18.6. The highest BCUT2D eigenvalue weighted by Gasteiger charge is 2.07. The van der Waals surface area contributed by atoms with Gasteiger partial charge in [0.15, 0.2) is 0 Å². The van der Waals surface area contributed by atoms with Crippen LogP contribution in [-0.4, -0.2) is 38.7 Å². The molecule has 0 aliphatic rings. The third-order valence-corrected chi connectivity index (χ3v) is 5.82. The second kappa shape index (κ2) is 13.4. The van der Waals surface area contributed by atoms with Crippen molar-refractivity contribution in [2.75, 3.05) is 26.3 Å². The lowest BCUT2D eigenvalue weighted by Gasteiger charge is -2.06. The lowest BCUT2D eigenvalue weighted by Crippen LogP contribution is -2.07. The van der Waals surface area contributed by atoms with Crippen molar-refractivity contribution in [2.24, 2.45) is 9.98 Å². The zero-order valence-electron chi connectivity index (χ0n) is 21.8. The Balaban J connectivity index is 1.34. The van der Waals surface area contributed by atoms with Crippen LogP contribution < -0.4 is 20.7 Å². The number of rotatable bonds is 13. The third kappa shape index (κ3) is 7.18. The molecule has 0 aliphatic heterocycles. The molecule has 0 spiro atoms. The van der Waals surface area contributed by atoms with Gasteiger partial charge in [0, 0.05) is 35.3 Å². The molecule has 38 heavy (non-hydrogen) atoms. The molecule has 2 heterocycles. The average molecular weight is 517 g/mol. The van der Waals surface area contributed by atoms with Gasteiger partial charge in [-0.2, -0.15) is 0 Å². The van der Waals surface area contributed by atoms with Gasteiger partial charge < -0.3 is 18.3 Å². The maximum atomic E-state index is 12.4. The van der Waals surface area contributed by atoms with Crippen molar-refractivity contribution in [3.05, 3.63) is 80.5 Å². The van der Waals surface area contributed by atoms with Gasteiger partial charge in [-0.3, -0.25) is 9.98 Å². The lowest BCUT2D eigenvalue weighted by atomic mass is 10.2. The Morgan fingerprint density at radius 2 is 1.13 bits per heavy atom. The molecule has 2 aromatic carbocycles. The van der Waals surface area contributed by atoms with Crippen LogP contribution in [0.4, 0.5) is 0 Å². The van der Waals surface area contributed by atoms with E-state index >= 15 is 0 Å². The van der Waals surface area contributed by atoms with Crippen LogP contribution in [0.25, 0.3) is 21.9 Å². The Kier molecular flexibility index (Phi) is 9.45. The summed E-state index contributed by atoms with van der Waals surface area (Å²) in [4.78, 5) is 33.3. The molecule has 0 saturated heterocycles. The molecule has 0 bridgehead atoms. The van der Waals surface area contributed by atoms with Crippen molar-refractivity contribution in [2.45, 2.75) is 39.5 Å². The largest absolute Gasteiger partial charge is 0.493 e. The molecule has 0 amide bonds. The molecule has 8 heteroatoms. The summed E-state index contributed by atoms with van der Waals surface area (Å²) in [5.74, 6) is 1.35. The maximum Gasteiger partial charge on any atom is 0.345 e. The van der Waals surface area contributed by atoms with Gasteiger partial charge in [-0.25, -0.2) is 9.59 Å². The van der Waals surface area contributed by atoms with Gasteiger partial charge in [0.1, 0.15) is 22.7 Å². The SMILES string of the molecule is CCCCOc1ccc2cc(C=NCCN=Cc3cc4ccc(OCCCC)cc4oc3=O)c(=O)oc2c1. The van der Waals surface area contributed by atoms with Gasteiger partial charge in [0.2, 0.25) is 0 Å². The second-order valence-electron chi connectivity index (χ2n) is 8.85. The predicted molar refractivity (Wildman–Crippen MR) is 151 cm³/mol. The quantitative estimate of drug-likeness (QED) is 0.126. The summed E-state index contributed by atoms with van der Waals surface area (Å²) >= 11 is 0. The molecule has 4 rings (SSSR count). The number of aliphatic imine (C=N–C) groups is 2. The molecule has 0 N–H and O–H groups in total. The normalized spacial score (nSPS) is 11.7. The number of unbranched alkanes of at least 4 members (excludes halogenated alkanes) is 2. The summed E-state index contributed by atoms with van der Waals surface area (Å²) in [5.41, 5.74) is 0.718. The molecule has 2 aromatic heterocycles. The summed E-state index contributed by atoms with van der Waals surface area (Å²) < 4.78 is 22.2. The Morgan fingerprint density at radius 1 is 0.684 bits per heavy atom. The summed E-state index contributed by atoms with van der Waals surface area (Å²) in [6.45, 7) is 6.14. The average Bonchev–Trinajstić information content (AvgIpc) is 2.91. The van der Waals surface area contributed by atoms with E-state index in [1.807, 2.05) is 24.3 Å². The molecule has 0 unspecified atom stereocenters. The van der Waals surface area contributed by atoms with Gasteiger partial charge in [0.25, 0.3) is 0 Å². The minimum Gasteiger partial charge on any atom is -0.493 e. The number of benzene rings is 2. The van der Waals surface area contributed by atoms with Gasteiger partial charge in [-0.15, -0.1) is 0 Å². The smallest absolute Gasteiger partial charge is 0.345 e. The van der Waals surface area contributed by atoms with Crippen LogP contribution in [0.5, 0.6) is 11.5 Å². The van der Waals surface area contributed by atoms with Crippen LogP contribution >= 0.6 is 0 Å². The van der Waals surface area contributed by atoms with Crippen LogP contribution in [0.2, 0.25) is 0 Å². The van der Waals surface area contributed by atoms with Crippen molar-refractivity contribution in [3.8, 4) is 11.5 Å². The number of hydrogen-bond donors (Lipinski definition) is 0. The van der Waals surface area contributed by atoms with E-state index in [0.29, 0.717) is 60.1 Å². The minimum atomic E-state index is -0.469. The monoisotopic (exact) mass is 516 g/mol. The maximum absolute atomic E-state index is 12.4. The van der Waals surface area contributed by atoms with Crippen LogP contribution in [0, 0.1) is 0 Å². The van der Waals surface area contributed by atoms with Crippen LogP contribution in [0.3, 0.4) is 0 Å². The first-order valence-corrected chi connectivity index (χ1v) is 13.0. The fourth-order valence-electron chi connectivity index (χ4n) is 3.68. The van der Waals surface area contributed by atoms with Gasteiger partial charge in [-0.1, -0.05) is 26.7 Å². The number of hydrogen-bond acceptors (Lipinski definition) is 8. The molecule has 198 valence electrons. The highest BCUT2D eigenvalue weighted by atomic mass is 16.5. The van der Waals surface area contributed by atoms with Crippen molar-refractivity contribution in [1.29, 1.82) is 0 Å². The highest BCUT2D eigenvalue weighted by Crippen LogP contribution is 2.21. The Bertz CT molecular complexity index is 1430. The zero-order chi connectivity index (χ0) is 26.7. The third-order valence-electron chi connectivity index (χ3n) is 5.82. The topological polar surface area (TPSA) is 104 Å². The van der Waals surface area contributed by atoms with Crippen molar-refractivity contribution in [1.82, 2.24) is 0 Å². The molecule has 0 aliphatic carbocycles. The van der Waals surface area contributed by atoms with Crippen LogP contribution in [0.15, 0.2) is 76.9 Å². The summed E-state index contributed by atoms with van der Waals surface area (Å²) in [5, 5.41) is 1.57. The van der Waals surface area contributed by atoms with Crippen molar-refractivity contribution in [3.63, 3.8) is 0 Å². The molecule has 0 saturated carbocycles. The van der Waals surface area contributed by atoms with Crippen LogP contribution in [-0.2, 0) is 0 Å². The second-order valence-corrected chi connectivity index (χ2v) is 8.85. The molecule has 0 atom stereocenters. The molecular weight excluding hydrogens is 484 g/mol. The van der Waals surface area contributed by atoms with E-state index in [0.717, 1.165) is 36.5 Å². The fourth-order valence-corrected chi connectivity index (χ4v) is 3.68. The highest BCUT2D eigenvalue weighted by molar-refractivity contribution is 5.88. The number of fused-ring (bicyclic) bond motifs is 2. The molecule has 8 nitrogen and oxygen atoms in total. The Morgan fingerprint density at radius 3 is 1.55 bits per heavy atom. The van der Waals surface area contributed by atoms with E-state index in [1.165, 1.54) is 12.4 Å². The van der Waals surface area contributed by atoms with E-state index in [-0.39, 0.29) is 0 Å². The van der Waals surface area contributed by atoms with E-state index in [2.05, 4.69) is 23.8 Å². The first kappa shape index (κ1) is 26.9. The first-order valence-electron chi connectivity index (χ1n) is 13.0. The van der Waals surface area contributed by atoms with E-state index in [4.69, 9.17) is 18.3 Å². The predicted octanol–water partition coefficient (Wildman–Crippen LogP) is 5.80. The number of nitrogens with zero attached hydrogens (tertiary/aromatic N) is 2. The minimum absolute atomic E-state index is 0.343. The summed E-state index contributed by atoms with van der Waals surface area (Å²) in [7, 11) is 0. The van der Waals surface area contributed by atoms with E-state index in [9.17, 15) is 9.59 Å². The summed E-state index contributed by atoms with van der Waals surface area (Å²) in [6.07, 6.45) is 6.99. The Labute approximate surface area is 220 Å². The Hall–Kier alpha value is -4.20. The van der Waals surface area contributed by atoms with E-state index in [1.54, 1.807) is 24.3 Å². The standard InChI is InChI=1S/C30H32N2O6/c1-3-5-13-35-25-9-7-21-15-23(29(33)37-27(21)17-25)19-31-11-12-32-20-24-16-22-8-10-26(36-14-6-4-2)18-28(22)38-30(24)34/h7-10,15-20H,3-6,11-14H2,1-2H3. The van der Waals surface area contributed by atoms with Gasteiger partial charge >= 0.3 is 11.3 Å². The molecule has 4 aromatic rings. The van der Waals surface area contributed by atoms with Crippen molar-refractivity contribution < 1.29 is 18.3 Å². The number of ether oxygens (including phenoxy) is 2. The molecular formula is C30H32N2O6. The fraction of sp³-hybridized carbons (Fsp3) is 0.333. The van der Waals surface area contributed by atoms with Gasteiger partial charge in [-0.05, 0) is 49.2 Å². The van der Waals surface area contributed by atoms with Gasteiger partial charge in [0.05, 0.1) is 37.4 Å². The summed E-state index contributed by atoms with van der Waals surface area (Å²) in [6, 6.07) is 14.4. The van der Waals surface area contributed by atoms with Crippen LogP contribution in [0.1, 0.15) is 50.7 Å². The lowest BCUT2D eigenvalue weighted by molar-refractivity contribution is 0.309. The zero-order valence-corrected chi connectivity index (χ0v) is 21.8.